The Bertz CT molecular complexity index is 997. The first kappa shape index (κ1) is 20.3. The molecule has 0 aliphatic carbocycles. The van der Waals surface area contributed by atoms with Crippen LogP contribution in [0.15, 0.2) is 54.9 Å². The maximum absolute atomic E-state index is 12.0. The minimum atomic E-state index is -0.292. The average molecular weight is 411 g/mol. The fraction of sp³-hybridized carbons (Fsp3) is 0.200. The summed E-state index contributed by atoms with van der Waals surface area (Å²) in [4.78, 5) is 37.6. The first-order valence-electron chi connectivity index (χ1n) is 8.97. The van der Waals surface area contributed by atoms with E-state index in [1.807, 2.05) is 19.1 Å². The number of carbonyl (C=O) groups is 3. The van der Waals surface area contributed by atoms with Gasteiger partial charge in [0.25, 0.3) is 5.91 Å². The van der Waals surface area contributed by atoms with Crippen molar-refractivity contribution >= 4 is 34.7 Å². The lowest BCUT2D eigenvalue weighted by molar-refractivity contribution is -0.120. The van der Waals surface area contributed by atoms with Gasteiger partial charge in [0.1, 0.15) is 6.54 Å². The summed E-state index contributed by atoms with van der Waals surface area (Å²) in [5, 5.41) is 12.1. The van der Waals surface area contributed by atoms with Gasteiger partial charge in [-0.05, 0) is 42.8 Å². The molecule has 0 spiro atoms. The van der Waals surface area contributed by atoms with E-state index in [1.54, 1.807) is 42.7 Å². The SMILES string of the molecule is Cc1ccc(C(=O)NCC(=O)NCc2cccc(NC(=O)Cn3cccn3)c2)s1. The summed E-state index contributed by atoms with van der Waals surface area (Å²) in [6.07, 6.45) is 3.32. The maximum atomic E-state index is 12.0. The molecule has 9 heteroatoms. The van der Waals surface area contributed by atoms with Crippen LogP contribution in [0.25, 0.3) is 0 Å². The Balaban J connectivity index is 1.44. The number of hydrogen-bond donors (Lipinski definition) is 3. The van der Waals surface area contributed by atoms with E-state index in [0.717, 1.165) is 10.4 Å². The predicted molar refractivity (Wildman–Crippen MR) is 111 cm³/mol. The van der Waals surface area contributed by atoms with Crippen LogP contribution < -0.4 is 16.0 Å². The molecule has 0 radical (unpaired) electrons. The van der Waals surface area contributed by atoms with Crippen LogP contribution in [0.3, 0.4) is 0 Å². The van der Waals surface area contributed by atoms with Crippen LogP contribution in [0.2, 0.25) is 0 Å². The predicted octanol–water partition coefficient (Wildman–Crippen LogP) is 1.94. The molecule has 29 heavy (non-hydrogen) atoms. The summed E-state index contributed by atoms with van der Waals surface area (Å²) >= 11 is 1.38. The van der Waals surface area contributed by atoms with Gasteiger partial charge >= 0.3 is 0 Å². The van der Waals surface area contributed by atoms with E-state index < -0.39 is 0 Å². The lowest BCUT2D eigenvalue weighted by Gasteiger charge is -2.09. The molecule has 0 atom stereocenters. The quantitative estimate of drug-likeness (QED) is 0.527. The number of aromatic nitrogens is 2. The molecule has 0 bridgehead atoms. The highest BCUT2D eigenvalue weighted by atomic mass is 32.1. The van der Waals surface area contributed by atoms with Crippen molar-refractivity contribution in [2.45, 2.75) is 20.0 Å². The highest BCUT2D eigenvalue weighted by Gasteiger charge is 2.10. The molecule has 2 aromatic heterocycles. The lowest BCUT2D eigenvalue weighted by atomic mass is 10.2. The molecular formula is C20H21N5O3S. The Morgan fingerprint density at radius 2 is 1.93 bits per heavy atom. The van der Waals surface area contributed by atoms with Crippen molar-refractivity contribution < 1.29 is 14.4 Å². The van der Waals surface area contributed by atoms with Gasteiger partial charge in [-0.25, -0.2) is 0 Å². The van der Waals surface area contributed by atoms with Gasteiger partial charge in [0.05, 0.1) is 11.4 Å². The molecule has 3 N–H and O–H groups in total. The van der Waals surface area contributed by atoms with Crippen molar-refractivity contribution in [2.24, 2.45) is 0 Å². The van der Waals surface area contributed by atoms with Gasteiger partial charge in [0, 0.05) is 29.5 Å². The average Bonchev–Trinajstić information content (AvgIpc) is 3.36. The fourth-order valence-corrected chi connectivity index (χ4v) is 3.35. The largest absolute Gasteiger partial charge is 0.350 e. The molecule has 0 saturated heterocycles. The van der Waals surface area contributed by atoms with Crippen LogP contribution in [0.4, 0.5) is 5.69 Å². The van der Waals surface area contributed by atoms with E-state index in [9.17, 15) is 14.4 Å². The normalized spacial score (nSPS) is 10.4. The van der Waals surface area contributed by atoms with E-state index in [1.165, 1.54) is 16.0 Å². The maximum Gasteiger partial charge on any atom is 0.261 e. The molecule has 2 heterocycles. The second-order valence-corrected chi connectivity index (χ2v) is 7.61. The molecule has 8 nitrogen and oxygen atoms in total. The second-order valence-electron chi connectivity index (χ2n) is 6.32. The third kappa shape index (κ3) is 6.28. The first-order valence-corrected chi connectivity index (χ1v) is 9.79. The Morgan fingerprint density at radius 3 is 2.66 bits per heavy atom. The number of nitrogens with zero attached hydrogens (tertiary/aromatic N) is 2. The van der Waals surface area contributed by atoms with Gasteiger partial charge in [-0.15, -0.1) is 11.3 Å². The highest BCUT2D eigenvalue weighted by Crippen LogP contribution is 2.14. The standard InChI is InChI=1S/C20H21N5O3S/c1-14-6-7-17(29-14)20(28)22-12-18(26)21-11-15-4-2-5-16(10-15)24-19(27)13-25-9-3-8-23-25/h2-10H,11-13H2,1H3,(H,21,26)(H,22,28)(H,24,27). The molecular weight excluding hydrogens is 390 g/mol. The summed E-state index contributed by atoms with van der Waals surface area (Å²) in [6.45, 7) is 2.23. The van der Waals surface area contributed by atoms with Crippen LogP contribution in [0.5, 0.6) is 0 Å². The number of carbonyl (C=O) groups excluding carboxylic acids is 3. The smallest absolute Gasteiger partial charge is 0.261 e. The second kappa shape index (κ2) is 9.65. The number of rotatable bonds is 8. The molecule has 3 aromatic rings. The monoisotopic (exact) mass is 411 g/mol. The molecule has 0 fully saturated rings. The van der Waals surface area contributed by atoms with Crippen molar-refractivity contribution in [3.8, 4) is 0 Å². The number of benzene rings is 1. The zero-order valence-corrected chi connectivity index (χ0v) is 16.7. The van der Waals surface area contributed by atoms with E-state index in [-0.39, 0.29) is 37.4 Å². The number of thiophene rings is 1. The van der Waals surface area contributed by atoms with Crippen molar-refractivity contribution in [3.63, 3.8) is 0 Å². The number of anilines is 1. The van der Waals surface area contributed by atoms with E-state index in [0.29, 0.717) is 10.6 Å². The van der Waals surface area contributed by atoms with Crippen LogP contribution in [0, 0.1) is 6.92 Å². The van der Waals surface area contributed by atoms with Gasteiger partial charge in [-0.1, -0.05) is 12.1 Å². The van der Waals surface area contributed by atoms with Crippen molar-refractivity contribution in [2.75, 3.05) is 11.9 Å². The zero-order valence-electron chi connectivity index (χ0n) is 15.8. The molecule has 0 unspecified atom stereocenters. The van der Waals surface area contributed by atoms with Gasteiger partial charge in [0.15, 0.2) is 0 Å². The van der Waals surface area contributed by atoms with E-state index in [2.05, 4.69) is 21.0 Å². The van der Waals surface area contributed by atoms with Crippen LogP contribution in [-0.2, 0) is 22.7 Å². The van der Waals surface area contributed by atoms with Gasteiger partial charge in [-0.3, -0.25) is 19.1 Å². The van der Waals surface area contributed by atoms with Crippen molar-refractivity contribution in [1.29, 1.82) is 0 Å². The van der Waals surface area contributed by atoms with E-state index in [4.69, 9.17) is 0 Å². The molecule has 3 rings (SSSR count). The minimum Gasteiger partial charge on any atom is -0.350 e. The Morgan fingerprint density at radius 1 is 1.07 bits per heavy atom. The van der Waals surface area contributed by atoms with Crippen molar-refractivity contribution in [1.82, 2.24) is 20.4 Å². The Kier molecular flexibility index (Phi) is 6.75. The molecule has 0 saturated carbocycles. The lowest BCUT2D eigenvalue weighted by Crippen LogP contribution is -2.36. The molecule has 150 valence electrons. The third-order valence-corrected chi connectivity index (χ3v) is 4.94. The number of amides is 3. The van der Waals surface area contributed by atoms with Crippen LogP contribution in [0.1, 0.15) is 20.1 Å². The van der Waals surface area contributed by atoms with E-state index >= 15 is 0 Å². The van der Waals surface area contributed by atoms with Gasteiger partial charge < -0.3 is 16.0 Å². The topological polar surface area (TPSA) is 105 Å². The van der Waals surface area contributed by atoms with Crippen LogP contribution in [-0.4, -0.2) is 34.0 Å². The molecule has 0 aliphatic rings. The van der Waals surface area contributed by atoms with Crippen LogP contribution >= 0.6 is 11.3 Å². The summed E-state index contributed by atoms with van der Waals surface area (Å²) in [6, 6.07) is 12.5. The Labute approximate surface area is 171 Å². The number of nitrogens with one attached hydrogen (secondary N) is 3. The fourth-order valence-electron chi connectivity index (χ4n) is 2.57. The highest BCUT2D eigenvalue weighted by molar-refractivity contribution is 7.13. The van der Waals surface area contributed by atoms with Crippen molar-refractivity contribution in [3.05, 3.63) is 70.2 Å². The zero-order chi connectivity index (χ0) is 20.6. The summed E-state index contributed by atoms with van der Waals surface area (Å²) in [5.41, 5.74) is 1.46. The molecule has 3 amide bonds. The first-order chi connectivity index (χ1) is 14.0. The molecule has 0 aliphatic heterocycles. The minimum absolute atomic E-state index is 0.101. The molecule has 1 aromatic carbocycles. The summed E-state index contributed by atoms with van der Waals surface area (Å²) in [5.74, 6) is -0.749. The number of aryl methyl sites for hydroxylation is 1. The van der Waals surface area contributed by atoms with Gasteiger partial charge in [0.2, 0.25) is 11.8 Å². The van der Waals surface area contributed by atoms with Gasteiger partial charge in [-0.2, -0.15) is 5.10 Å². The number of hydrogen-bond acceptors (Lipinski definition) is 5. The summed E-state index contributed by atoms with van der Waals surface area (Å²) < 4.78 is 1.53. The third-order valence-electron chi connectivity index (χ3n) is 3.94. The summed E-state index contributed by atoms with van der Waals surface area (Å²) in [7, 11) is 0. The Hall–Kier alpha value is -3.46.